The monoisotopic (exact) mass is 246 g/mol. The molecule has 4 N–H and O–H groups in total. The minimum atomic E-state index is -1.47. The van der Waals surface area contributed by atoms with Crippen LogP contribution in [0.25, 0.3) is 0 Å². The number of amides is 2. The van der Waals surface area contributed by atoms with E-state index in [0.29, 0.717) is 0 Å². The van der Waals surface area contributed by atoms with Crippen molar-refractivity contribution in [3.63, 3.8) is 0 Å². The molecule has 8 heteroatoms. The van der Waals surface area contributed by atoms with Crippen molar-refractivity contribution in [3.05, 3.63) is 0 Å². The van der Waals surface area contributed by atoms with Gasteiger partial charge in [0.15, 0.2) is 12.2 Å². The number of carbonyl (C=O) groups is 2. The molecule has 0 unspecified atom stereocenters. The van der Waals surface area contributed by atoms with Crippen molar-refractivity contribution in [1.82, 2.24) is 10.6 Å². The van der Waals surface area contributed by atoms with Crippen molar-refractivity contribution < 1.29 is 29.3 Å². The Hall–Kier alpha value is -1.22. The lowest BCUT2D eigenvalue weighted by Gasteiger charge is -2.31. The Bertz CT molecular complexity index is 335. The van der Waals surface area contributed by atoms with Crippen LogP contribution in [-0.2, 0) is 19.1 Å². The SMILES string of the molecule is O=C(NC[C@@]12CNC(=O)[C@@H](CO1)O2)[C@H](O)CO. The second kappa shape index (κ2) is 4.57. The summed E-state index contributed by atoms with van der Waals surface area (Å²) >= 11 is 0. The molecule has 0 saturated carbocycles. The number of fused-ring (bicyclic) bond motifs is 2. The molecule has 0 radical (unpaired) electrons. The van der Waals surface area contributed by atoms with Crippen LogP contribution < -0.4 is 10.6 Å². The van der Waals surface area contributed by atoms with Crippen LogP contribution in [-0.4, -0.2) is 66.3 Å². The molecule has 8 nitrogen and oxygen atoms in total. The van der Waals surface area contributed by atoms with E-state index < -0.39 is 30.5 Å². The summed E-state index contributed by atoms with van der Waals surface area (Å²) in [5.41, 5.74) is 0. The summed E-state index contributed by atoms with van der Waals surface area (Å²) in [5.74, 6) is -2.02. The third kappa shape index (κ3) is 2.39. The molecule has 2 amide bonds. The third-order valence-corrected chi connectivity index (χ3v) is 2.69. The van der Waals surface area contributed by atoms with E-state index >= 15 is 0 Å². The van der Waals surface area contributed by atoms with E-state index in [2.05, 4.69) is 10.6 Å². The first-order chi connectivity index (χ1) is 8.06. The molecule has 2 heterocycles. The van der Waals surface area contributed by atoms with E-state index in [1.54, 1.807) is 0 Å². The summed E-state index contributed by atoms with van der Waals surface area (Å²) in [6, 6.07) is 0. The highest BCUT2D eigenvalue weighted by Gasteiger charge is 2.48. The molecule has 2 fully saturated rings. The lowest BCUT2D eigenvalue weighted by atomic mass is 10.2. The summed E-state index contributed by atoms with van der Waals surface area (Å²) < 4.78 is 10.7. The lowest BCUT2D eigenvalue weighted by Crippen LogP contribution is -2.57. The van der Waals surface area contributed by atoms with Gasteiger partial charge in [0.05, 0.1) is 26.3 Å². The standard InChI is InChI=1S/C9H14N2O6/c12-1-5(13)7(14)10-3-9-4-11-8(15)6(17-9)2-16-9/h5-6,12-13H,1-4H2,(H,10,14)(H,11,15)/t5-,6-,9-/m1/s1. The van der Waals surface area contributed by atoms with Crippen LogP contribution in [0.15, 0.2) is 0 Å². The van der Waals surface area contributed by atoms with Crippen molar-refractivity contribution in [3.8, 4) is 0 Å². The smallest absolute Gasteiger partial charge is 0.251 e. The predicted molar refractivity (Wildman–Crippen MR) is 52.7 cm³/mol. The zero-order valence-corrected chi connectivity index (χ0v) is 9.01. The van der Waals surface area contributed by atoms with E-state index in [-0.39, 0.29) is 25.6 Å². The van der Waals surface area contributed by atoms with Gasteiger partial charge in [0.1, 0.15) is 0 Å². The number of hydrogen-bond acceptors (Lipinski definition) is 6. The maximum atomic E-state index is 11.2. The van der Waals surface area contributed by atoms with Crippen molar-refractivity contribution >= 4 is 11.8 Å². The largest absolute Gasteiger partial charge is 0.393 e. The molecular formula is C9H14N2O6. The van der Waals surface area contributed by atoms with E-state index in [1.807, 2.05) is 0 Å². The number of morpholine rings is 1. The van der Waals surface area contributed by atoms with Crippen molar-refractivity contribution in [2.45, 2.75) is 18.0 Å². The molecule has 0 aromatic carbocycles. The van der Waals surface area contributed by atoms with Gasteiger partial charge in [-0.15, -0.1) is 0 Å². The summed E-state index contributed by atoms with van der Waals surface area (Å²) in [7, 11) is 0. The van der Waals surface area contributed by atoms with Crippen LogP contribution in [0.4, 0.5) is 0 Å². The van der Waals surface area contributed by atoms with Gasteiger partial charge in [0.2, 0.25) is 5.79 Å². The van der Waals surface area contributed by atoms with Crippen molar-refractivity contribution in [2.75, 3.05) is 26.3 Å². The fourth-order valence-corrected chi connectivity index (χ4v) is 1.69. The predicted octanol–water partition coefficient (Wildman–Crippen LogP) is -3.30. The van der Waals surface area contributed by atoms with E-state index in [1.165, 1.54) is 0 Å². The summed E-state index contributed by atoms with van der Waals surface area (Å²) in [6.07, 6.45) is -2.12. The molecule has 96 valence electrons. The number of aliphatic hydroxyl groups excluding tert-OH is 2. The summed E-state index contributed by atoms with van der Waals surface area (Å²) in [4.78, 5) is 22.4. The van der Waals surface area contributed by atoms with Gasteiger partial charge in [-0.3, -0.25) is 9.59 Å². The Balaban J connectivity index is 1.88. The average molecular weight is 246 g/mol. The Morgan fingerprint density at radius 3 is 3.18 bits per heavy atom. The van der Waals surface area contributed by atoms with Crippen LogP contribution >= 0.6 is 0 Å². The number of nitrogens with one attached hydrogen (secondary N) is 2. The quantitative estimate of drug-likeness (QED) is 0.413. The van der Waals surface area contributed by atoms with Crippen LogP contribution in [0.3, 0.4) is 0 Å². The maximum absolute atomic E-state index is 11.2. The molecule has 0 aromatic heterocycles. The molecule has 17 heavy (non-hydrogen) atoms. The van der Waals surface area contributed by atoms with Gasteiger partial charge < -0.3 is 30.3 Å². The first-order valence-electron chi connectivity index (χ1n) is 5.22. The molecule has 0 aliphatic carbocycles. The molecule has 2 aliphatic rings. The molecule has 3 atom stereocenters. The Morgan fingerprint density at radius 2 is 2.47 bits per heavy atom. The minimum absolute atomic E-state index is 0.000324. The fraction of sp³-hybridized carbons (Fsp3) is 0.778. The van der Waals surface area contributed by atoms with Gasteiger partial charge in [0, 0.05) is 0 Å². The van der Waals surface area contributed by atoms with Gasteiger partial charge in [0.25, 0.3) is 11.8 Å². The molecule has 2 saturated heterocycles. The van der Waals surface area contributed by atoms with Gasteiger partial charge in [-0.2, -0.15) is 0 Å². The number of ether oxygens (including phenoxy) is 2. The molecule has 2 aliphatic heterocycles. The second-order valence-electron chi connectivity index (χ2n) is 3.96. The highest BCUT2D eigenvalue weighted by molar-refractivity contribution is 5.82. The normalized spacial score (nSPS) is 33.1. The van der Waals surface area contributed by atoms with Crippen molar-refractivity contribution in [1.29, 1.82) is 0 Å². The molecular weight excluding hydrogens is 232 g/mol. The first kappa shape index (κ1) is 12.2. The average Bonchev–Trinajstić information content (AvgIpc) is 2.71. The van der Waals surface area contributed by atoms with Gasteiger partial charge in [-0.25, -0.2) is 0 Å². The van der Waals surface area contributed by atoms with Crippen LogP contribution in [0.2, 0.25) is 0 Å². The molecule has 0 spiro atoms. The first-order valence-corrected chi connectivity index (χ1v) is 5.22. The number of carbonyl (C=O) groups excluding carboxylic acids is 2. The Labute approximate surface area is 96.9 Å². The van der Waals surface area contributed by atoms with Gasteiger partial charge in [-0.1, -0.05) is 0 Å². The Kier molecular flexibility index (Phi) is 3.29. The minimum Gasteiger partial charge on any atom is -0.393 e. The van der Waals surface area contributed by atoms with E-state index in [4.69, 9.17) is 19.7 Å². The molecule has 2 rings (SSSR count). The number of rotatable bonds is 4. The van der Waals surface area contributed by atoms with Crippen molar-refractivity contribution in [2.24, 2.45) is 0 Å². The highest BCUT2D eigenvalue weighted by atomic mass is 16.8. The lowest BCUT2D eigenvalue weighted by molar-refractivity contribution is -0.184. The topological polar surface area (TPSA) is 117 Å². The van der Waals surface area contributed by atoms with Crippen LogP contribution in [0.1, 0.15) is 0 Å². The van der Waals surface area contributed by atoms with E-state index in [9.17, 15) is 9.59 Å². The third-order valence-electron chi connectivity index (χ3n) is 2.69. The van der Waals surface area contributed by atoms with Crippen LogP contribution in [0, 0.1) is 0 Å². The molecule has 2 bridgehead atoms. The van der Waals surface area contributed by atoms with Crippen LogP contribution in [0.5, 0.6) is 0 Å². The number of hydrogen-bond donors (Lipinski definition) is 4. The highest BCUT2D eigenvalue weighted by Crippen LogP contribution is 2.26. The zero-order valence-electron chi connectivity index (χ0n) is 9.01. The second-order valence-corrected chi connectivity index (χ2v) is 3.96. The number of aliphatic hydroxyl groups is 2. The Morgan fingerprint density at radius 1 is 1.71 bits per heavy atom. The maximum Gasteiger partial charge on any atom is 0.251 e. The summed E-state index contributed by atoms with van der Waals surface area (Å²) in [5, 5.41) is 22.6. The molecule has 0 aromatic rings. The van der Waals surface area contributed by atoms with Gasteiger partial charge in [-0.05, 0) is 0 Å². The summed E-state index contributed by atoms with van der Waals surface area (Å²) in [6.45, 7) is -0.373. The fourth-order valence-electron chi connectivity index (χ4n) is 1.69. The van der Waals surface area contributed by atoms with E-state index in [0.717, 1.165) is 0 Å². The zero-order chi connectivity index (χ0) is 12.5. The van der Waals surface area contributed by atoms with Gasteiger partial charge >= 0.3 is 0 Å².